The van der Waals surface area contributed by atoms with Gasteiger partial charge in [-0.2, -0.15) is 0 Å². The van der Waals surface area contributed by atoms with E-state index in [4.69, 9.17) is 0 Å². The number of carbonyl (C=O) groups excluding carboxylic acids is 1. The number of allylic oxidation sites excluding steroid dienone is 1. The Morgan fingerprint density at radius 2 is 2.40 bits per heavy atom. The standard InChI is InChI=1S/C7H7FO2/c1-4(2)7-5(8)3-6(9)10-7/h1,3H2,2H3. The van der Waals surface area contributed by atoms with Gasteiger partial charge in [0, 0.05) is 0 Å². The van der Waals surface area contributed by atoms with Crippen molar-refractivity contribution in [2.45, 2.75) is 13.3 Å². The highest BCUT2D eigenvalue weighted by molar-refractivity contribution is 5.77. The van der Waals surface area contributed by atoms with Crippen LogP contribution in [0.2, 0.25) is 0 Å². The molecule has 1 aliphatic rings. The number of cyclic esters (lactones) is 1. The predicted molar refractivity (Wildman–Crippen MR) is 33.7 cm³/mol. The van der Waals surface area contributed by atoms with Crippen LogP contribution >= 0.6 is 0 Å². The fraction of sp³-hybridized carbons (Fsp3) is 0.286. The molecule has 0 aromatic heterocycles. The summed E-state index contributed by atoms with van der Waals surface area (Å²) in [5, 5.41) is 0. The minimum atomic E-state index is -0.546. The second kappa shape index (κ2) is 2.25. The topological polar surface area (TPSA) is 26.3 Å². The first-order valence-electron chi connectivity index (χ1n) is 2.86. The quantitative estimate of drug-likeness (QED) is 0.521. The molecular formula is C7H7FO2. The molecule has 1 heterocycles. The van der Waals surface area contributed by atoms with Gasteiger partial charge in [0.15, 0.2) is 11.6 Å². The summed E-state index contributed by atoms with van der Waals surface area (Å²) >= 11 is 0. The van der Waals surface area contributed by atoms with Gasteiger partial charge in [-0.05, 0) is 12.5 Å². The third-order valence-electron chi connectivity index (χ3n) is 1.15. The fourth-order valence-corrected chi connectivity index (χ4v) is 0.731. The van der Waals surface area contributed by atoms with Crippen molar-refractivity contribution in [2.75, 3.05) is 0 Å². The second-order valence-electron chi connectivity index (χ2n) is 2.17. The van der Waals surface area contributed by atoms with Crippen LogP contribution in [0.25, 0.3) is 0 Å². The molecule has 0 atom stereocenters. The van der Waals surface area contributed by atoms with Crippen molar-refractivity contribution in [2.24, 2.45) is 0 Å². The molecule has 0 saturated carbocycles. The van der Waals surface area contributed by atoms with Gasteiger partial charge in [0.05, 0.1) is 0 Å². The Hall–Kier alpha value is -1.12. The Balaban J connectivity index is 2.86. The molecule has 3 heteroatoms. The predicted octanol–water partition coefficient (Wildman–Crippen LogP) is 1.69. The molecule has 0 bridgehead atoms. The van der Waals surface area contributed by atoms with E-state index in [2.05, 4.69) is 11.3 Å². The van der Waals surface area contributed by atoms with Crippen molar-refractivity contribution in [3.63, 3.8) is 0 Å². The van der Waals surface area contributed by atoms with E-state index in [1.807, 2.05) is 0 Å². The van der Waals surface area contributed by atoms with Crippen LogP contribution in [0.15, 0.2) is 23.7 Å². The van der Waals surface area contributed by atoms with Gasteiger partial charge >= 0.3 is 5.97 Å². The van der Waals surface area contributed by atoms with E-state index in [9.17, 15) is 9.18 Å². The largest absolute Gasteiger partial charge is 0.423 e. The lowest BCUT2D eigenvalue weighted by molar-refractivity contribution is -0.136. The van der Waals surface area contributed by atoms with Crippen LogP contribution in [-0.4, -0.2) is 5.97 Å². The zero-order valence-corrected chi connectivity index (χ0v) is 5.61. The van der Waals surface area contributed by atoms with Crippen LogP contribution in [0.3, 0.4) is 0 Å². The van der Waals surface area contributed by atoms with Gasteiger partial charge in [0.1, 0.15) is 6.42 Å². The van der Waals surface area contributed by atoms with Gasteiger partial charge in [0.25, 0.3) is 0 Å². The molecule has 0 fully saturated rings. The molecule has 0 aliphatic carbocycles. The molecule has 0 aromatic carbocycles. The van der Waals surface area contributed by atoms with Gasteiger partial charge in [0.2, 0.25) is 0 Å². The number of carbonyl (C=O) groups is 1. The van der Waals surface area contributed by atoms with Gasteiger partial charge in [-0.1, -0.05) is 6.58 Å². The third-order valence-corrected chi connectivity index (χ3v) is 1.15. The normalized spacial score (nSPS) is 17.6. The van der Waals surface area contributed by atoms with Crippen molar-refractivity contribution in [3.8, 4) is 0 Å². The molecule has 0 spiro atoms. The van der Waals surface area contributed by atoms with Crippen LogP contribution in [-0.2, 0) is 9.53 Å². The van der Waals surface area contributed by atoms with E-state index < -0.39 is 11.8 Å². The Labute approximate surface area is 58.0 Å². The average molecular weight is 142 g/mol. The average Bonchev–Trinajstić information content (AvgIpc) is 2.10. The smallest absolute Gasteiger partial charge is 0.318 e. The maximum atomic E-state index is 12.6. The minimum Gasteiger partial charge on any atom is -0.423 e. The first kappa shape index (κ1) is 6.99. The van der Waals surface area contributed by atoms with Gasteiger partial charge < -0.3 is 4.74 Å². The van der Waals surface area contributed by atoms with Crippen LogP contribution in [0.5, 0.6) is 0 Å². The van der Waals surface area contributed by atoms with Crippen molar-refractivity contribution in [3.05, 3.63) is 23.7 Å². The molecule has 1 aliphatic heterocycles. The van der Waals surface area contributed by atoms with Crippen LogP contribution < -0.4 is 0 Å². The summed E-state index contributed by atoms with van der Waals surface area (Å²) in [5.74, 6) is -1.06. The summed E-state index contributed by atoms with van der Waals surface area (Å²) in [4.78, 5) is 10.4. The summed E-state index contributed by atoms with van der Waals surface area (Å²) in [6.07, 6.45) is -0.248. The van der Waals surface area contributed by atoms with Crippen LogP contribution in [0.1, 0.15) is 13.3 Å². The highest BCUT2D eigenvalue weighted by atomic mass is 19.1. The lowest BCUT2D eigenvalue weighted by Crippen LogP contribution is -1.93. The van der Waals surface area contributed by atoms with E-state index in [0.717, 1.165) is 0 Å². The molecule has 0 N–H and O–H groups in total. The number of hydrogen-bond acceptors (Lipinski definition) is 2. The SMILES string of the molecule is C=C(C)C1=C(F)CC(=O)O1. The highest BCUT2D eigenvalue weighted by Crippen LogP contribution is 2.25. The molecule has 0 saturated heterocycles. The van der Waals surface area contributed by atoms with Crippen LogP contribution in [0, 0.1) is 0 Å². The molecule has 2 nitrogen and oxygen atoms in total. The zero-order chi connectivity index (χ0) is 7.72. The van der Waals surface area contributed by atoms with E-state index in [0.29, 0.717) is 5.57 Å². The van der Waals surface area contributed by atoms with Gasteiger partial charge in [-0.3, -0.25) is 4.79 Å². The molecule has 0 amide bonds. The van der Waals surface area contributed by atoms with Crippen molar-refractivity contribution in [1.82, 2.24) is 0 Å². The zero-order valence-electron chi connectivity index (χ0n) is 5.61. The summed E-state index contributed by atoms with van der Waals surface area (Å²) in [6.45, 7) is 5.04. The maximum absolute atomic E-state index is 12.6. The summed E-state index contributed by atoms with van der Waals surface area (Å²) < 4.78 is 17.1. The summed E-state index contributed by atoms with van der Waals surface area (Å²) in [6, 6.07) is 0. The summed E-state index contributed by atoms with van der Waals surface area (Å²) in [7, 11) is 0. The monoisotopic (exact) mass is 142 g/mol. The summed E-state index contributed by atoms with van der Waals surface area (Å²) in [5.41, 5.74) is 0.448. The molecule has 10 heavy (non-hydrogen) atoms. The first-order chi connectivity index (χ1) is 4.61. The van der Waals surface area contributed by atoms with Gasteiger partial charge in [-0.25, -0.2) is 4.39 Å². The highest BCUT2D eigenvalue weighted by Gasteiger charge is 2.23. The first-order valence-corrected chi connectivity index (χ1v) is 2.86. The van der Waals surface area contributed by atoms with E-state index in [1.165, 1.54) is 0 Å². The van der Waals surface area contributed by atoms with Gasteiger partial charge in [-0.15, -0.1) is 0 Å². The number of rotatable bonds is 1. The molecule has 1 rings (SSSR count). The van der Waals surface area contributed by atoms with E-state index in [1.54, 1.807) is 6.92 Å². The molecule has 0 unspecified atom stereocenters. The van der Waals surface area contributed by atoms with E-state index >= 15 is 0 Å². The molecule has 54 valence electrons. The van der Waals surface area contributed by atoms with E-state index in [-0.39, 0.29) is 12.2 Å². The number of hydrogen-bond donors (Lipinski definition) is 0. The number of esters is 1. The number of halogens is 1. The van der Waals surface area contributed by atoms with Crippen molar-refractivity contribution in [1.29, 1.82) is 0 Å². The van der Waals surface area contributed by atoms with Crippen LogP contribution in [0.4, 0.5) is 4.39 Å². The minimum absolute atomic E-state index is 0.00463. The third kappa shape index (κ3) is 1.07. The maximum Gasteiger partial charge on any atom is 0.318 e. The Morgan fingerprint density at radius 3 is 2.60 bits per heavy atom. The van der Waals surface area contributed by atoms with Crippen molar-refractivity contribution < 1.29 is 13.9 Å². The Kier molecular flexibility index (Phi) is 1.57. The number of ether oxygens (including phenoxy) is 1. The Morgan fingerprint density at radius 1 is 1.80 bits per heavy atom. The molecular weight excluding hydrogens is 135 g/mol. The van der Waals surface area contributed by atoms with Crippen molar-refractivity contribution >= 4 is 5.97 Å². The lowest BCUT2D eigenvalue weighted by Gasteiger charge is -1.97. The second-order valence-corrected chi connectivity index (χ2v) is 2.17. The molecule has 0 aromatic rings. The lowest BCUT2D eigenvalue weighted by atomic mass is 10.2. The molecule has 0 radical (unpaired) electrons. The fourth-order valence-electron chi connectivity index (χ4n) is 0.731. The Bertz CT molecular complexity index is 228.